The van der Waals surface area contributed by atoms with Crippen molar-refractivity contribution in [3.8, 4) is 22.9 Å². The van der Waals surface area contributed by atoms with Gasteiger partial charge in [0, 0.05) is 33.3 Å². The number of nitriles is 1. The quantitative estimate of drug-likeness (QED) is 0.193. The maximum Gasteiger partial charge on any atom is 0.338 e. The van der Waals surface area contributed by atoms with Gasteiger partial charge in [-0.2, -0.15) is 5.26 Å². The molecule has 2 N–H and O–H groups in total. The number of carboxylic acids is 1. The lowest BCUT2D eigenvalue weighted by Crippen LogP contribution is -2.27. The predicted octanol–water partition coefficient (Wildman–Crippen LogP) is 6.82. The van der Waals surface area contributed by atoms with Crippen LogP contribution in [0.4, 0.5) is 5.69 Å². The maximum absolute atomic E-state index is 13.7. The van der Waals surface area contributed by atoms with Crippen molar-refractivity contribution in [1.82, 2.24) is 14.5 Å². The van der Waals surface area contributed by atoms with Crippen LogP contribution in [0.5, 0.6) is 5.75 Å². The second-order valence-corrected chi connectivity index (χ2v) is 11.8. The van der Waals surface area contributed by atoms with Gasteiger partial charge in [0.25, 0.3) is 5.56 Å². The van der Waals surface area contributed by atoms with Gasteiger partial charge in [-0.3, -0.25) is 14.3 Å². The molecule has 1 aliphatic rings. The number of rotatable bonds is 8. The standard InChI is InChI=1S/C30H23Cl2N5O4S/c1-14-9-19(28-27(34-14)21(13-42-28)30(39)40)18-10-16(31)3-6-24(18)41-8-7-37-15(2)35-23-11-22(32)26(36-17-4-5-17)20(12-33)25(23)29(37)38/h3,6,9-11,13,17,36H,4-5,7-8H2,1-2H3,(H,39,40). The Bertz CT molecular complexity index is 2030. The van der Waals surface area contributed by atoms with Crippen LogP contribution in [0.1, 0.15) is 40.3 Å². The first-order chi connectivity index (χ1) is 20.2. The molecule has 1 aliphatic carbocycles. The number of nitrogens with one attached hydrogen (secondary N) is 1. The van der Waals surface area contributed by atoms with E-state index >= 15 is 0 Å². The number of nitrogens with zero attached hydrogens (tertiary/aromatic N) is 4. The highest BCUT2D eigenvalue weighted by molar-refractivity contribution is 7.18. The Balaban J connectivity index is 1.35. The first-order valence-corrected chi connectivity index (χ1v) is 14.7. The number of fused-ring (bicyclic) bond motifs is 2. The second-order valence-electron chi connectivity index (χ2n) is 10.1. The highest BCUT2D eigenvalue weighted by Gasteiger charge is 2.26. The highest BCUT2D eigenvalue weighted by atomic mass is 35.5. The Morgan fingerprint density at radius 2 is 2.00 bits per heavy atom. The van der Waals surface area contributed by atoms with Crippen LogP contribution >= 0.6 is 34.5 Å². The van der Waals surface area contributed by atoms with E-state index in [1.807, 2.05) is 6.07 Å². The van der Waals surface area contributed by atoms with E-state index in [1.54, 1.807) is 43.5 Å². The third-order valence-electron chi connectivity index (χ3n) is 7.11. The number of aromatic nitrogens is 3. The van der Waals surface area contributed by atoms with Gasteiger partial charge in [-0.25, -0.2) is 9.78 Å². The molecule has 0 amide bonds. The number of benzene rings is 2. The van der Waals surface area contributed by atoms with Crippen molar-refractivity contribution in [2.75, 3.05) is 11.9 Å². The van der Waals surface area contributed by atoms with Crippen molar-refractivity contribution in [3.05, 3.63) is 78.8 Å². The third kappa shape index (κ3) is 5.04. The summed E-state index contributed by atoms with van der Waals surface area (Å²) in [5, 5.41) is 25.5. The summed E-state index contributed by atoms with van der Waals surface area (Å²) in [5.74, 6) is -0.0760. The molecular formula is C30H23Cl2N5O4S. The smallest absolute Gasteiger partial charge is 0.338 e. The van der Waals surface area contributed by atoms with Gasteiger partial charge in [-0.05, 0) is 57.0 Å². The average Bonchev–Trinajstić information content (AvgIpc) is 3.66. The molecule has 0 saturated heterocycles. The lowest BCUT2D eigenvalue weighted by atomic mass is 10.0. The van der Waals surface area contributed by atoms with E-state index in [2.05, 4.69) is 21.4 Å². The fourth-order valence-electron chi connectivity index (χ4n) is 4.98. The van der Waals surface area contributed by atoms with Gasteiger partial charge in [-0.15, -0.1) is 11.3 Å². The molecule has 6 rings (SSSR count). The Morgan fingerprint density at radius 3 is 2.71 bits per heavy atom. The van der Waals surface area contributed by atoms with Gasteiger partial charge in [-0.1, -0.05) is 23.2 Å². The number of aryl methyl sites for hydroxylation is 2. The molecule has 0 bridgehead atoms. The minimum atomic E-state index is -1.05. The van der Waals surface area contributed by atoms with Gasteiger partial charge in [0.1, 0.15) is 24.3 Å². The Kier molecular flexibility index (Phi) is 7.27. The largest absolute Gasteiger partial charge is 0.491 e. The van der Waals surface area contributed by atoms with E-state index in [9.17, 15) is 20.0 Å². The fourth-order valence-corrected chi connectivity index (χ4v) is 6.42. The van der Waals surface area contributed by atoms with Crippen LogP contribution < -0.4 is 15.6 Å². The molecule has 3 aromatic heterocycles. The van der Waals surface area contributed by atoms with Gasteiger partial charge in [0.05, 0.1) is 49.5 Å². The number of aromatic carboxylic acids is 1. The summed E-state index contributed by atoms with van der Waals surface area (Å²) in [7, 11) is 0. The molecule has 0 aliphatic heterocycles. The molecule has 1 saturated carbocycles. The summed E-state index contributed by atoms with van der Waals surface area (Å²) < 4.78 is 8.39. The summed E-state index contributed by atoms with van der Waals surface area (Å²) in [6.07, 6.45) is 1.97. The number of pyridine rings is 1. The number of hydrogen-bond donors (Lipinski definition) is 2. The van der Waals surface area contributed by atoms with Gasteiger partial charge in [0.2, 0.25) is 0 Å². The van der Waals surface area contributed by atoms with Crippen LogP contribution in [0.3, 0.4) is 0 Å². The molecule has 0 unspecified atom stereocenters. The molecule has 9 nitrogen and oxygen atoms in total. The average molecular weight is 621 g/mol. The third-order valence-corrected chi connectivity index (χ3v) is 8.65. The number of hydrogen-bond acceptors (Lipinski definition) is 8. The molecule has 0 atom stereocenters. The Hall–Kier alpha value is -4.17. The lowest BCUT2D eigenvalue weighted by molar-refractivity contribution is 0.0699. The molecule has 1 fully saturated rings. The molecule has 12 heteroatoms. The van der Waals surface area contributed by atoms with Crippen LogP contribution in [0.25, 0.3) is 32.2 Å². The normalized spacial score (nSPS) is 12.9. The van der Waals surface area contributed by atoms with Gasteiger partial charge >= 0.3 is 5.97 Å². The topological polar surface area (TPSA) is 130 Å². The zero-order chi connectivity index (χ0) is 29.7. The van der Waals surface area contributed by atoms with E-state index in [1.165, 1.54) is 15.9 Å². The SMILES string of the molecule is Cc1cc(-c2cc(Cl)ccc2OCCn2c(C)nc3cc(Cl)c(NC4CC4)c(C#N)c3c2=O)c2scc(C(=O)O)c2n1. The number of ether oxygens (including phenoxy) is 1. The first kappa shape index (κ1) is 28.0. The first-order valence-electron chi connectivity index (χ1n) is 13.1. The summed E-state index contributed by atoms with van der Waals surface area (Å²) in [4.78, 5) is 34.5. The Morgan fingerprint density at radius 1 is 1.21 bits per heavy atom. The number of thiophene rings is 1. The number of carboxylic acid groups (broad SMARTS) is 1. The number of anilines is 1. The number of halogens is 2. The van der Waals surface area contributed by atoms with Crippen LogP contribution in [-0.2, 0) is 6.54 Å². The van der Waals surface area contributed by atoms with Crippen molar-refractivity contribution in [2.24, 2.45) is 0 Å². The van der Waals surface area contributed by atoms with Crippen molar-refractivity contribution < 1.29 is 14.6 Å². The number of carbonyl (C=O) groups is 1. The summed E-state index contributed by atoms with van der Waals surface area (Å²) in [6.45, 7) is 3.80. The Labute approximate surface area is 253 Å². The lowest BCUT2D eigenvalue weighted by Gasteiger charge is -2.16. The molecule has 0 spiro atoms. The van der Waals surface area contributed by atoms with Crippen molar-refractivity contribution in [1.29, 1.82) is 5.26 Å². The zero-order valence-corrected chi connectivity index (χ0v) is 24.8. The van der Waals surface area contributed by atoms with Crippen molar-refractivity contribution in [2.45, 2.75) is 39.3 Å². The maximum atomic E-state index is 13.7. The van der Waals surface area contributed by atoms with Gasteiger partial charge in [0.15, 0.2) is 0 Å². The summed E-state index contributed by atoms with van der Waals surface area (Å²) in [5.41, 5.74) is 3.28. The van der Waals surface area contributed by atoms with Crippen LogP contribution in [0, 0.1) is 25.2 Å². The van der Waals surface area contributed by atoms with E-state index in [0.29, 0.717) is 54.3 Å². The highest BCUT2D eigenvalue weighted by Crippen LogP contribution is 2.40. The van der Waals surface area contributed by atoms with Crippen LogP contribution in [-0.4, -0.2) is 38.3 Å². The van der Waals surface area contributed by atoms with Crippen LogP contribution in [0.15, 0.2) is 40.5 Å². The van der Waals surface area contributed by atoms with E-state index < -0.39 is 5.97 Å². The minimum Gasteiger partial charge on any atom is -0.491 e. The summed E-state index contributed by atoms with van der Waals surface area (Å²) in [6, 6.07) is 11.1. The zero-order valence-electron chi connectivity index (χ0n) is 22.5. The summed E-state index contributed by atoms with van der Waals surface area (Å²) >= 11 is 14.1. The van der Waals surface area contributed by atoms with Crippen molar-refractivity contribution >= 4 is 67.3 Å². The predicted molar refractivity (Wildman–Crippen MR) is 164 cm³/mol. The van der Waals surface area contributed by atoms with E-state index in [-0.39, 0.29) is 41.3 Å². The van der Waals surface area contributed by atoms with Crippen molar-refractivity contribution in [3.63, 3.8) is 0 Å². The van der Waals surface area contributed by atoms with E-state index in [0.717, 1.165) is 18.4 Å². The molecule has 5 aromatic rings. The molecular weight excluding hydrogens is 597 g/mol. The monoisotopic (exact) mass is 619 g/mol. The minimum absolute atomic E-state index is 0.114. The van der Waals surface area contributed by atoms with E-state index in [4.69, 9.17) is 27.9 Å². The molecule has 2 aromatic carbocycles. The molecule has 212 valence electrons. The van der Waals surface area contributed by atoms with Gasteiger partial charge < -0.3 is 15.2 Å². The molecule has 3 heterocycles. The second kappa shape index (κ2) is 10.9. The fraction of sp³-hybridized carbons (Fsp3) is 0.233. The molecule has 42 heavy (non-hydrogen) atoms. The molecule has 0 radical (unpaired) electrons. The van der Waals surface area contributed by atoms with Crippen LogP contribution in [0.2, 0.25) is 10.0 Å².